The van der Waals surface area contributed by atoms with Crippen molar-refractivity contribution in [1.82, 2.24) is 0 Å². The van der Waals surface area contributed by atoms with E-state index in [2.05, 4.69) is 0 Å². The molecule has 0 heterocycles. The summed E-state index contributed by atoms with van der Waals surface area (Å²) in [4.78, 5) is 21.7. The summed E-state index contributed by atoms with van der Waals surface area (Å²) in [6.45, 7) is 5.21. The van der Waals surface area contributed by atoms with Gasteiger partial charge in [-0.2, -0.15) is 0 Å². The molecule has 0 aromatic heterocycles. The van der Waals surface area contributed by atoms with Crippen molar-refractivity contribution in [3.63, 3.8) is 0 Å². The molecule has 5 heteroatoms. The fourth-order valence-corrected chi connectivity index (χ4v) is 0.995. The molecule has 0 unspecified atom stereocenters. The van der Waals surface area contributed by atoms with Gasteiger partial charge in [-0.05, 0) is 25.8 Å². The third-order valence-corrected chi connectivity index (χ3v) is 1.64. The van der Waals surface area contributed by atoms with Crippen LogP contribution in [0.1, 0.15) is 33.6 Å². The Bertz CT molecular complexity index is 334. The minimum absolute atomic E-state index is 0.160. The van der Waals surface area contributed by atoms with Gasteiger partial charge >= 0.3 is 11.9 Å². The minimum Gasteiger partial charge on any atom is -0.478 e. The Morgan fingerprint density at radius 3 is 2.06 bits per heavy atom. The number of aliphatic carboxylic acids is 2. The van der Waals surface area contributed by atoms with Crippen LogP contribution in [0, 0.1) is 0 Å². The largest absolute Gasteiger partial charge is 0.478 e. The summed E-state index contributed by atoms with van der Waals surface area (Å²) in [7, 11) is 0. The molecule has 0 radical (unpaired) electrons. The first-order chi connectivity index (χ1) is 7.40. The summed E-state index contributed by atoms with van der Waals surface area (Å²) in [5.41, 5.74) is 0.535. The Balaban J connectivity index is 5.23. The van der Waals surface area contributed by atoms with E-state index in [0.29, 0.717) is 6.42 Å². The first-order valence-electron chi connectivity index (χ1n) is 4.89. The van der Waals surface area contributed by atoms with Gasteiger partial charge in [-0.3, -0.25) is 0 Å². The van der Waals surface area contributed by atoms with Crippen molar-refractivity contribution in [1.29, 1.82) is 0 Å². The molecule has 0 atom stereocenters. The lowest BCUT2D eigenvalue weighted by atomic mass is 10.1. The number of rotatable bonds is 6. The maximum Gasteiger partial charge on any atom is 0.372 e. The van der Waals surface area contributed by atoms with Gasteiger partial charge in [-0.25, -0.2) is 9.59 Å². The molecule has 16 heavy (non-hydrogen) atoms. The van der Waals surface area contributed by atoms with Crippen molar-refractivity contribution in [2.75, 3.05) is 0 Å². The van der Waals surface area contributed by atoms with E-state index in [-0.39, 0.29) is 12.0 Å². The fourth-order valence-electron chi connectivity index (χ4n) is 0.995. The van der Waals surface area contributed by atoms with Crippen molar-refractivity contribution in [3.05, 3.63) is 23.2 Å². The minimum atomic E-state index is -1.37. The summed E-state index contributed by atoms with van der Waals surface area (Å²) in [6.07, 6.45) is 1.92. The quantitative estimate of drug-likeness (QED) is 0.537. The second-order valence-electron chi connectivity index (χ2n) is 3.48. The standard InChI is InChI=1S/C11H16O5/c1-4-5-8(10(12)13)9(11(14)15)16-6-7(2)3/h6H,4-5H2,1-3H3,(H,12,13)(H,14,15)/b9-8+. The van der Waals surface area contributed by atoms with Crippen molar-refractivity contribution in [2.24, 2.45) is 0 Å². The Kier molecular flexibility index (Phi) is 5.92. The van der Waals surface area contributed by atoms with E-state index >= 15 is 0 Å². The average Bonchev–Trinajstić information content (AvgIpc) is 2.15. The maximum absolute atomic E-state index is 10.9. The molecule has 0 saturated carbocycles. The normalized spacial score (nSPS) is 11.4. The molecule has 0 aliphatic carbocycles. The van der Waals surface area contributed by atoms with Crippen molar-refractivity contribution in [3.8, 4) is 0 Å². The molecule has 5 nitrogen and oxygen atoms in total. The SMILES string of the molecule is CCC/C(C(=O)O)=C(\OC=C(C)C)C(=O)O. The van der Waals surface area contributed by atoms with E-state index in [1.165, 1.54) is 6.26 Å². The topological polar surface area (TPSA) is 83.8 Å². The zero-order valence-electron chi connectivity index (χ0n) is 9.61. The molecule has 0 aliphatic rings. The molecule has 0 amide bonds. The molecule has 90 valence electrons. The summed E-state index contributed by atoms with van der Waals surface area (Å²) >= 11 is 0. The zero-order valence-corrected chi connectivity index (χ0v) is 9.61. The first-order valence-corrected chi connectivity index (χ1v) is 4.89. The first kappa shape index (κ1) is 14.2. The van der Waals surface area contributed by atoms with Crippen LogP contribution in [0.2, 0.25) is 0 Å². The summed E-state index contributed by atoms with van der Waals surface area (Å²) in [6, 6.07) is 0. The number of carbonyl (C=O) groups is 2. The second kappa shape index (κ2) is 6.66. The average molecular weight is 228 g/mol. The van der Waals surface area contributed by atoms with E-state index in [9.17, 15) is 9.59 Å². The number of carboxylic acid groups (broad SMARTS) is 2. The molecule has 0 aromatic carbocycles. The van der Waals surface area contributed by atoms with Gasteiger partial charge < -0.3 is 14.9 Å². The van der Waals surface area contributed by atoms with Crippen LogP contribution in [0.25, 0.3) is 0 Å². The predicted octanol–water partition coefficient (Wildman–Crippen LogP) is 2.15. The molecule has 0 bridgehead atoms. The van der Waals surface area contributed by atoms with Crippen LogP contribution in [0.5, 0.6) is 0 Å². The Hall–Kier alpha value is -1.78. The Morgan fingerprint density at radius 1 is 1.19 bits per heavy atom. The zero-order chi connectivity index (χ0) is 12.7. The van der Waals surface area contributed by atoms with Crippen LogP contribution in [0.3, 0.4) is 0 Å². The summed E-state index contributed by atoms with van der Waals surface area (Å²) in [5, 5.41) is 17.7. The van der Waals surface area contributed by atoms with Gasteiger partial charge in [0.2, 0.25) is 5.76 Å². The number of hydrogen-bond acceptors (Lipinski definition) is 3. The van der Waals surface area contributed by atoms with E-state index in [1.54, 1.807) is 20.8 Å². The lowest BCUT2D eigenvalue weighted by molar-refractivity contribution is -0.138. The van der Waals surface area contributed by atoms with Gasteiger partial charge in [-0.1, -0.05) is 13.3 Å². The van der Waals surface area contributed by atoms with Gasteiger partial charge in [-0.15, -0.1) is 0 Å². The number of carboxylic acids is 2. The van der Waals surface area contributed by atoms with E-state index < -0.39 is 17.7 Å². The van der Waals surface area contributed by atoms with Crippen LogP contribution in [-0.2, 0) is 14.3 Å². The van der Waals surface area contributed by atoms with Gasteiger partial charge in [0.25, 0.3) is 0 Å². The fraction of sp³-hybridized carbons (Fsp3) is 0.455. The highest BCUT2D eigenvalue weighted by Gasteiger charge is 2.20. The molecular weight excluding hydrogens is 212 g/mol. The lowest BCUT2D eigenvalue weighted by Gasteiger charge is -2.07. The molecule has 0 rings (SSSR count). The molecule has 0 aliphatic heterocycles. The van der Waals surface area contributed by atoms with Gasteiger partial charge in [0, 0.05) is 0 Å². The molecule has 0 aromatic rings. The van der Waals surface area contributed by atoms with E-state index in [1.807, 2.05) is 0 Å². The van der Waals surface area contributed by atoms with Crippen LogP contribution >= 0.6 is 0 Å². The summed E-state index contributed by atoms with van der Waals surface area (Å²) in [5.74, 6) is -3.15. The third-order valence-electron chi connectivity index (χ3n) is 1.64. The predicted molar refractivity (Wildman–Crippen MR) is 57.7 cm³/mol. The third kappa shape index (κ3) is 4.63. The van der Waals surface area contributed by atoms with Crippen molar-refractivity contribution in [2.45, 2.75) is 33.6 Å². The molecule has 0 saturated heterocycles. The van der Waals surface area contributed by atoms with Crippen molar-refractivity contribution >= 4 is 11.9 Å². The molecule has 0 spiro atoms. The highest BCUT2D eigenvalue weighted by atomic mass is 16.5. The molecule has 2 N–H and O–H groups in total. The molecular formula is C11H16O5. The second-order valence-corrected chi connectivity index (χ2v) is 3.48. The Morgan fingerprint density at radius 2 is 1.75 bits per heavy atom. The van der Waals surface area contributed by atoms with E-state index in [4.69, 9.17) is 14.9 Å². The number of allylic oxidation sites excluding steroid dienone is 1. The molecule has 0 fully saturated rings. The highest BCUT2D eigenvalue weighted by Crippen LogP contribution is 2.14. The number of hydrogen-bond donors (Lipinski definition) is 2. The highest BCUT2D eigenvalue weighted by molar-refractivity contribution is 5.97. The monoisotopic (exact) mass is 228 g/mol. The Labute approximate surface area is 94.0 Å². The van der Waals surface area contributed by atoms with Gasteiger partial charge in [0.1, 0.15) is 0 Å². The van der Waals surface area contributed by atoms with Gasteiger partial charge in [0.05, 0.1) is 11.8 Å². The smallest absolute Gasteiger partial charge is 0.372 e. The maximum atomic E-state index is 10.9. The van der Waals surface area contributed by atoms with E-state index in [0.717, 1.165) is 5.57 Å². The van der Waals surface area contributed by atoms with Crippen LogP contribution in [0.4, 0.5) is 0 Å². The lowest BCUT2D eigenvalue weighted by Crippen LogP contribution is -2.12. The van der Waals surface area contributed by atoms with Crippen molar-refractivity contribution < 1.29 is 24.5 Å². The van der Waals surface area contributed by atoms with Crippen LogP contribution < -0.4 is 0 Å². The van der Waals surface area contributed by atoms with Crippen LogP contribution in [0.15, 0.2) is 23.2 Å². The van der Waals surface area contributed by atoms with Gasteiger partial charge in [0.15, 0.2) is 0 Å². The van der Waals surface area contributed by atoms with Crippen LogP contribution in [-0.4, -0.2) is 22.2 Å². The number of ether oxygens (including phenoxy) is 1. The summed E-state index contributed by atoms with van der Waals surface area (Å²) < 4.78 is 4.88.